The van der Waals surface area contributed by atoms with E-state index in [-0.39, 0.29) is 12.1 Å². The molecule has 0 aliphatic carbocycles. The highest BCUT2D eigenvalue weighted by Crippen LogP contribution is 2.57. The number of esters is 2. The summed E-state index contributed by atoms with van der Waals surface area (Å²) in [4.78, 5) is 27.1. The third-order valence-electron chi connectivity index (χ3n) is 3.73. The summed E-state index contributed by atoms with van der Waals surface area (Å²) >= 11 is 1.60. The van der Waals surface area contributed by atoms with E-state index in [0.29, 0.717) is 11.1 Å². The summed E-state index contributed by atoms with van der Waals surface area (Å²) in [7, 11) is 4.55. The number of nitrogens with zero attached hydrogens (tertiary/aromatic N) is 1. The molecule has 2 atom stereocenters. The number of carbonyl (C=O) groups excluding carboxylic acids is 2. The van der Waals surface area contributed by atoms with E-state index in [2.05, 4.69) is 0 Å². The highest BCUT2D eigenvalue weighted by atomic mass is 32.1. The van der Waals surface area contributed by atoms with Crippen LogP contribution in [0.4, 0.5) is 0 Å². The molecule has 0 saturated heterocycles. The van der Waals surface area contributed by atoms with Crippen LogP contribution in [-0.2, 0) is 19.1 Å². The van der Waals surface area contributed by atoms with Gasteiger partial charge in [-0.05, 0) is 24.1 Å². The van der Waals surface area contributed by atoms with Crippen LogP contribution in [0.15, 0.2) is 22.6 Å². The number of thiophene rings is 1. The van der Waals surface area contributed by atoms with E-state index >= 15 is 0 Å². The van der Waals surface area contributed by atoms with Crippen LogP contribution in [-0.4, -0.2) is 38.1 Å². The van der Waals surface area contributed by atoms with Crippen LogP contribution in [0.3, 0.4) is 0 Å². The van der Waals surface area contributed by atoms with Crippen molar-refractivity contribution in [2.45, 2.75) is 12.1 Å². The van der Waals surface area contributed by atoms with E-state index < -0.39 is 11.9 Å². The van der Waals surface area contributed by atoms with Gasteiger partial charge in [0.2, 0.25) is 0 Å². The predicted octanol–water partition coefficient (Wildman–Crippen LogP) is 1.43. The first-order valence-corrected chi connectivity index (χ1v) is 6.69. The zero-order chi connectivity index (χ0) is 13.7. The molecule has 2 aliphatic heterocycles. The first-order valence-electron chi connectivity index (χ1n) is 5.81. The Kier molecular flexibility index (Phi) is 2.72. The summed E-state index contributed by atoms with van der Waals surface area (Å²) in [5.41, 5.74) is 1.91. The fourth-order valence-electron chi connectivity index (χ4n) is 2.98. The summed E-state index contributed by atoms with van der Waals surface area (Å²) in [6.45, 7) is 0. The Morgan fingerprint density at radius 3 is 2.32 bits per heavy atom. The lowest BCUT2D eigenvalue weighted by Crippen LogP contribution is -2.19. The Morgan fingerprint density at radius 1 is 1.16 bits per heavy atom. The molecule has 0 radical (unpaired) electrons. The van der Waals surface area contributed by atoms with Crippen LogP contribution in [0, 0.1) is 0 Å². The van der Waals surface area contributed by atoms with Gasteiger partial charge in [-0.25, -0.2) is 9.59 Å². The van der Waals surface area contributed by atoms with Crippen molar-refractivity contribution in [2.75, 3.05) is 21.3 Å². The average molecular weight is 279 g/mol. The highest BCUT2D eigenvalue weighted by Gasteiger charge is 2.53. The van der Waals surface area contributed by atoms with Gasteiger partial charge in [-0.1, -0.05) is 0 Å². The normalized spacial score (nSPS) is 24.6. The molecule has 2 aliphatic rings. The number of methoxy groups -OCH3 is 2. The van der Waals surface area contributed by atoms with Gasteiger partial charge in [0.25, 0.3) is 0 Å². The van der Waals surface area contributed by atoms with Gasteiger partial charge in [0, 0.05) is 4.88 Å². The summed E-state index contributed by atoms with van der Waals surface area (Å²) in [6, 6.07) is 1.60. The Balaban J connectivity index is 2.19. The van der Waals surface area contributed by atoms with Crippen LogP contribution in [0.1, 0.15) is 22.5 Å². The van der Waals surface area contributed by atoms with Crippen molar-refractivity contribution in [3.63, 3.8) is 0 Å². The van der Waals surface area contributed by atoms with Crippen LogP contribution in [0.25, 0.3) is 0 Å². The number of ether oxygens (including phenoxy) is 2. The molecule has 5 nitrogen and oxygen atoms in total. The lowest BCUT2D eigenvalue weighted by molar-refractivity contribution is -0.139. The molecule has 0 saturated carbocycles. The summed E-state index contributed by atoms with van der Waals surface area (Å²) in [6.07, 6.45) is 0. The third kappa shape index (κ3) is 1.44. The SMILES string of the molecule is COC(=O)C1=C(C(=O)OC)C2c3sccc3C1N2C. The van der Waals surface area contributed by atoms with Crippen molar-refractivity contribution >= 4 is 23.3 Å². The van der Waals surface area contributed by atoms with E-state index in [9.17, 15) is 9.59 Å². The van der Waals surface area contributed by atoms with Gasteiger partial charge < -0.3 is 9.47 Å². The molecule has 19 heavy (non-hydrogen) atoms. The highest BCUT2D eigenvalue weighted by molar-refractivity contribution is 7.10. The van der Waals surface area contributed by atoms with Gasteiger partial charge in [-0.3, -0.25) is 4.90 Å². The Hall–Kier alpha value is -1.66. The molecule has 6 heteroatoms. The number of rotatable bonds is 2. The lowest BCUT2D eigenvalue weighted by atomic mass is 9.91. The molecule has 0 amide bonds. The molecule has 2 unspecified atom stereocenters. The fraction of sp³-hybridized carbons (Fsp3) is 0.385. The maximum absolute atomic E-state index is 12.0. The number of carbonyl (C=O) groups is 2. The molecule has 2 bridgehead atoms. The second-order valence-corrected chi connectivity index (χ2v) is 5.47. The third-order valence-corrected chi connectivity index (χ3v) is 4.72. The zero-order valence-electron chi connectivity index (χ0n) is 10.8. The van der Waals surface area contributed by atoms with Gasteiger partial charge in [-0.2, -0.15) is 0 Å². The minimum atomic E-state index is -0.461. The number of fused-ring (bicyclic) bond motifs is 5. The number of hydrogen-bond acceptors (Lipinski definition) is 6. The molecule has 0 spiro atoms. The van der Waals surface area contributed by atoms with E-state index in [1.807, 2.05) is 23.4 Å². The van der Waals surface area contributed by atoms with Gasteiger partial charge in [0.15, 0.2) is 0 Å². The van der Waals surface area contributed by atoms with E-state index in [4.69, 9.17) is 9.47 Å². The molecule has 0 fully saturated rings. The molecule has 0 N–H and O–H groups in total. The zero-order valence-corrected chi connectivity index (χ0v) is 11.6. The molecule has 3 heterocycles. The van der Waals surface area contributed by atoms with Gasteiger partial charge in [0.1, 0.15) is 0 Å². The smallest absolute Gasteiger partial charge is 0.336 e. The van der Waals surface area contributed by atoms with Crippen LogP contribution >= 0.6 is 11.3 Å². The van der Waals surface area contributed by atoms with Crippen LogP contribution in [0.5, 0.6) is 0 Å². The quantitative estimate of drug-likeness (QED) is 0.767. The maximum Gasteiger partial charge on any atom is 0.336 e. The van der Waals surface area contributed by atoms with E-state index in [1.165, 1.54) is 14.2 Å². The molecule has 3 rings (SSSR count). The van der Waals surface area contributed by atoms with Crippen LogP contribution in [0.2, 0.25) is 0 Å². The maximum atomic E-state index is 12.0. The van der Waals surface area contributed by atoms with Crippen molar-refractivity contribution in [3.8, 4) is 0 Å². The largest absolute Gasteiger partial charge is 0.466 e. The van der Waals surface area contributed by atoms with Crippen LogP contribution < -0.4 is 0 Å². The topological polar surface area (TPSA) is 55.8 Å². The Labute approximate surface area is 114 Å². The minimum absolute atomic E-state index is 0.193. The van der Waals surface area contributed by atoms with E-state index in [1.54, 1.807) is 11.3 Å². The van der Waals surface area contributed by atoms with Crippen molar-refractivity contribution in [1.29, 1.82) is 0 Å². The molecule has 0 aromatic carbocycles. The van der Waals surface area contributed by atoms with Crippen molar-refractivity contribution in [2.24, 2.45) is 0 Å². The fourth-order valence-corrected chi connectivity index (χ4v) is 4.07. The number of hydrogen-bond donors (Lipinski definition) is 0. The second kappa shape index (κ2) is 4.18. The summed E-state index contributed by atoms with van der Waals surface area (Å²) < 4.78 is 9.65. The molecule has 1 aromatic heterocycles. The van der Waals surface area contributed by atoms with Crippen molar-refractivity contribution in [3.05, 3.63) is 33.0 Å². The molecule has 1 aromatic rings. The van der Waals surface area contributed by atoms with Gasteiger partial charge in [-0.15, -0.1) is 11.3 Å². The minimum Gasteiger partial charge on any atom is -0.466 e. The van der Waals surface area contributed by atoms with Gasteiger partial charge in [0.05, 0.1) is 37.4 Å². The van der Waals surface area contributed by atoms with Crippen molar-refractivity contribution < 1.29 is 19.1 Å². The first-order chi connectivity index (χ1) is 9.11. The monoisotopic (exact) mass is 279 g/mol. The Bertz CT molecular complexity index is 555. The average Bonchev–Trinajstić information content (AvgIpc) is 3.06. The summed E-state index contributed by atoms with van der Waals surface area (Å²) in [5.74, 6) is -0.921. The predicted molar refractivity (Wildman–Crippen MR) is 68.6 cm³/mol. The van der Waals surface area contributed by atoms with Gasteiger partial charge >= 0.3 is 11.9 Å². The molecular weight excluding hydrogens is 266 g/mol. The standard InChI is InChI=1S/C13H13NO4S/c1-14-9-6-4-5-19-11(6)10(14)8(13(16)18-3)7(9)12(15)17-2/h4-5,9-10H,1-3H3. The lowest BCUT2D eigenvalue weighted by Gasteiger charge is -2.17. The summed E-state index contributed by atoms with van der Waals surface area (Å²) in [5, 5.41) is 1.98. The first kappa shape index (κ1) is 12.4. The molecule has 100 valence electrons. The molecular formula is C13H13NO4S. The Morgan fingerprint density at radius 2 is 1.74 bits per heavy atom. The number of likely N-dealkylation sites (N-methyl/N-ethyl adjacent to an activating group) is 1. The van der Waals surface area contributed by atoms with E-state index in [0.717, 1.165) is 10.4 Å². The second-order valence-electron chi connectivity index (χ2n) is 4.52. The van der Waals surface area contributed by atoms with Crippen molar-refractivity contribution in [1.82, 2.24) is 4.90 Å².